The first kappa shape index (κ1) is 22.3. The van der Waals surface area contributed by atoms with E-state index in [0.717, 1.165) is 26.9 Å². The maximum atomic E-state index is 13.1. The van der Waals surface area contributed by atoms with E-state index in [1.807, 2.05) is 13.0 Å². The average molecular weight is 481 g/mol. The zero-order valence-electron chi connectivity index (χ0n) is 19.2. The van der Waals surface area contributed by atoms with Crippen LogP contribution in [0.25, 0.3) is 16.6 Å². The van der Waals surface area contributed by atoms with Gasteiger partial charge in [0.1, 0.15) is 5.01 Å². The van der Waals surface area contributed by atoms with Gasteiger partial charge in [-0.1, -0.05) is 67.5 Å². The molecule has 1 aliphatic carbocycles. The summed E-state index contributed by atoms with van der Waals surface area (Å²) < 4.78 is 2.07. The smallest absolute Gasteiger partial charge is 0.239 e. The van der Waals surface area contributed by atoms with Crippen LogP contribution in [0, 0.1) is 13.8 Å². The highest BCUT2D eigenvalue weighted by Crippen LogP contribution is 2.36. The lowest BCUT2D eigenvalue weighted by Gasteiger charge is -2.18. The van der Waals surface area contributed by atoms with E-state index in [1.165, 1.54) is 66.2 Å². The van der Waals surface area contributed by atoms with Gasteiger partial charge in [-0.15, -0.1) is 20.4 Å². The molecule has 1 aromatic carbocycles. The van der Waals surface area contributed by atoms with Crippen LogP contribution in [0.5, 0.6) is 0 Å². The Morgan fingerprint density at radius 1 is 1.15 bits per heavy atom. The summed E-state index contributed by atoms with van der Waals surface area (Å²) in [7, 11) is 0. The Bertz CT molecular complexity index is 1310. The number of benzene rings is 1. The molecule has 0 aliphatic heterocycles. The van der Waals surface area contributed by atoms with E-state index in [0.29, 0.717) is 17.5 Å². The topological polar surface area (TPSA) is 85.1 Å². The molecular weight excluding hydrogens is 452 g/mol. The fraction of sp³-hybridized carbons (Fsp3) is 0.458. The third kappa shape index (κ3) is 4.36. The van der Waals surface area contributed by atoms with E-state index in [1.54, 1.807) is 0 Å². The average Bonchev–Trinajstić information content (AvgIpc) is 3.45. The number of rotatable bonds is 6. The van der Waals surface area contributed by atoms with E-state index < -0.39 is 0 Å². The molecule has 9 heteroatoms. The van der Waals surface area contributed by atoms with E-state index in [9.17, 15) is 4.79 Å². The van der Waals surface area contributed by atoms with Crippen molar-refractivity contribution < 1.29 is 4.79 Å². The van der Waals surface area contributed by atoms with Crippen LogP contribution in [0.15, 0.2) is 29.4 Å². The van der Waals surface area contributed by atoms with Gasteiger partial charge >= 0.3 is 0 Å². The first-order valence-electron chi connectivity index (χ1n) is 11.6. The van der Waals surface area contributed by atoms with Crippen molar-refractivity contribution in [3.63, 3.8) is 0 Å². The molecule has 0 spiro atoms. The Balaban J connectivity index is 1.38. The lowest BCUT2D eigenvalue weighted by atomic mass is 9.90. The summed E-state index contributed by atoms with van der Waals surface area (Å²) in [6.07, 6.45) is 6.81. The Morgan fingerprint density at radius 2 is 1.97 bits per heavy atom. The molecule has 3 heterocycles. The number of pyridine rings is 1. The molecule has 1 saturated carbocycles. The minimum absolute atomic E-state index is 0.0706. The van der Waals surface area contributed by atoms with E-state index in [-0.39, 0.29) is 11.2 Å². The molecule has 172 valence electrons. The molecule has 1 aliphatic rings. The maximum absolute atomic E-state index is 13.1. The quantitative estimate of drug-likeness (QED) is 0.345. The number of nitrogens with one attached hydrogen (secondary N) is 1. The van der Waals surface area contributed by atoms with Crippen molar-refractivity contribution in [2.24, 2.45) is 0 Å². The Labute approximate surface area is 201 Å². The molecule has 0 saturated heterocycles. The van der Waals surface area contributed by atoms with Crippen molar-refractivity contribution in [2.75, 3.05) is 5.32 Å². The molecule has 3 aromatic heterocycles. The first-order chi connectivity index (χ1) is 16.0. The molecule has 1 unspecified atom stereocenters. The zero-order chi connectivity index (χ0) is 22.9. The lowest BCUT2D eigenvalue weighted by molar-refractivity contribution is -0.115. The highest BCUT2D eigenvalue weighted by molar-refractivity contribution is 8.00. The van der Waals surface area contributed by atoms with Crippen LogP contribution in [0.1, 0.15) is 67.5 Å². The second kappa shape index (κ2) is 9.38. The Hall–Kier alpha value is -2.52. The number of carbonyl (C=O) groups is 1. The SMILES string of the molecule is CCC(Sc1nnc2cc(C)c3cccc(C)c3n12)C(=O)Nc1nnc(C2CCCCC2)s1. The van der Waals surface area contributed by atoms with Crippen LogP contribution in [-0.4, -0.2) is 36.0 Å². The molecule has 0 bridgehead atoms. The van der Waals surface area contributed by atoms with Crippen molar-refractivity contribution in [3.05, 3.63) is 40.4 Å². The Kier molecular flexibility index (Phi) is 6.34. The summed E-state index contributed by atoms with van der Waals surface area (Å²) in [5.74, 6) is 0.416. The van der Waals surface area contributed by atoms with E-state index in [4.69, 9.17) is 0 Å². The van der Waals surface area contributed by atoms with Crippen LogP contribution in [-0.2, 0) is 4.79 Å². The molecule has 33 heavy (non-hydrogen) atoms. The fourth-order valence-electron chi connectivity index (χ4n) is 4.64. The number of para-hydroxylation sites is 1. The Morgan fingerprint density at radius 3 is 2.76 bits per heavy atom. The molecule has 1 N–H and O–H groups in total. The number of aryl methyl sites for hydroxylation is 2. The van der Waals surface area contributed by atoms with Crippen LogP contribution < -0.4 is 5.32 Å². The van der Waals surface area contributed by atoms with Gasteiger partial charge in [0.15, 0.2) is 10.8 Å². The number of anilines is 1. The van der Waals surface area contributed by atoms with Gasteiger partial charge in [-0.3, -0.25) is 14.5 Å². The van der Waals surface area contributed by atoms with Gasteiger partial charge in [0.25, 0.3) is 0 Å². The van der Waals surface area contributed by atoms with Crippen molar-refractivity contribution in [2.45, 2.75) is 75.6 Å². The number of fused-ring (bicyclic) bond motifs is 3. The second-order valence-corrected chi connectivity index (χ2v) is 10.9. The van der Waals surface area contributed by atoms with Crippen molar-refractivity contribution in [3.8, 4) is 0 Å². The van der Waals surface area contributed by atoms with Gasteiger partial charge in [-0.2, -0.15) is 0 Å². The number of hydrogen-bond donors (Lipinski definition) is 1. The van der Waals surface area contributed by atoms with Crippen molar-refractivity contribution in [1.82, 2.24) is 24.8 Å². The lowest BCUT2D eigenvalue weighted by Crippen LogP contribution is -2.24. The predicted octanol–water partition coefficient (Wildman–Crippen LogP) is 5.91. The third-order valence-corrected chi connectivity index (χ3v) is 8.73. The van der Waals surface area contributed by atoms with E-state index >= 15 is 0 Å². The third-order valence-electron chi connectivity index (χ3n) is 6.43. The maximum Gasteiger partial charge on any atom is 0.239 e. The molecule has 1 fully saturated rings. The summed E-state index contributed by atoms with van der Waals surface area (Å²) in [5, 5.41) is 23.7. The van der Waals surface area contributed by atoms with Crippen LogP contribution in [0.4, 0.5) is 5.13 Å². The fourth-order valence-corrected chi connectivity index (χ4v) is 6.52. The van der Waals surface area contributed by atoms with Gasteiger partial charge < -0.3 is 0 Å². The van der Waals surface area contributed by atoms with Gasteiger partial charge in [0.2, 0.25) is 11.0 Å². The minimum atomic E-state index is -0.306. The molecule has 4 aromatic rings. The molecular formula is C24H28N6OS2. The summed E-state index contributed by atoms with van der Waals surface area (Å²) in [4.78, 5) is 13.1. The van der Waals surface area contributed by atoms with Crippen LogP contribution in [0.3, 0.4) is 0 Å². The van der Waals surface area contributed by atoms with Gasteiger partial charge in [-0.25, -0.2) is 0 Å². The molecule has 1 amide bonds. The minimum Gasteiger partial charge on any atom is -0.300 e. The van der Waals surface area contributed by atoms with Gasteiger partial charge in [0, 0.05) is 11.3 Å². The molecule has 1 atom stereocenters. The van der Waals surface area contributed by atoms with E-state index in [2.05, 4.69) is 62.2 Å². The highest BCUT2D eigenvalue weighted by atomic mass is 32.2. The summed E-state index contributed by atoms with van der Waals surface area (Å²) in [6, 6.07) is 8.33. The van der Waals surface area contributed by atoms with Crippen molar-refractivity contribution >= 4 is 50.7 Å². The predicted molar refractivity (Wildman–Crippen MR) is 134 cm³/mol. The molecule has 7 nitrogen and oxygen atoms in total. The molecule has 5 rings (SSSR count). The van der Waals surface area contributed by atoms with Crippen LogP contribution >= 0.6 is 23.1 Å². The standard InChI is InChI=1S/C24H28N6OS2/c1-4-18(21(31)25-23-28-27-22(33-23)16-10-6-5-7-11-16)32-24-29-26-19-13-15(3)17-12-8-9-14(2)20(17)30(19)24/h8-9,12-13,16,18H,4-7,10-11H2,1-3H3,(H,25,28,31). The number of amides is 1. The normalized spacial score (nSPS) is 15.8. The number of thioether (sulfide) groups is 1. The van der Waals surface area contributed by atoms with Gasteiger partial charge in [-0.05, 0) is 50.3 Å². The zero-order valence-corrected chi connectivity index (χ0v) is 20.8. The van der Waals surface area contributed by atoms with Gasteiger partial charge in [0.05, 0.1) is 10.8 Å². The summed E-state index contributed by atoms with van der Waals surface area (Å²) >= 11 is 2.97. The molecule has 0 radical (unpaired) electrons. The number of hydrogen-bond acceptors (Lipinski definition) is 7. The summed E-state index contributed by atoms with van der Waals surface area (Å²) in [6.45, 7) is 6.20. The largest absolute Gasteiger partial charge is 0.300 e. The second-order valence-electron chi connectivity index (χ2n) is 8.76. The summed E-state index contributed by atoms with van der Waals surface area (Å²) in [5.41, 5.74) is 4.22. The first-order valence-corrected chi connectivity index (χ1v) is 13.3. The monoisotopic (exact) mass is 480 g/mol. The highest BCUT2D eigenvalue weighted by Gasteiger charge is 2.25. The number of aromatic nitrogens is 5. The number of carbonyl (C=O) groups excluding carboxylic acids is 1. The van der Waals surface area contributed by atoms with Crippen molar-refractivity contribution in [1.29, 1.82) is 0 Å². The van der Waals surface area contributed by atoms with Crippen LogP contribution in [0.2, 0.25) is 0 Å². The number of nitrogens with zero attached hydrogens (tertiary/aromatic N) is 5.